The normalized spacial score (nSPS) is 14.0. The van der Waals surface area contributed by atoms with E-state index in [4.69, 9.17) is 5.14 Å². The van der Waals surface area contributed by atoms with Crippen molar-refractivity contribution >= 4 is 39.4 Å². The Morgan fingerprint density at radius 1 is 1.19 bits per heavy atom. The smallest absolute Gasteiger partial charge is 0.323 e. The maximum atomic E-state index is 12.2. The monoisotopic (exact) mass is 399 g/mol. The first-order chi connectivity index (χ1) is 11.9. The van der Waals surface area contributed by atoms with Crippen molar-refractivity contribution in [3.8, 4) is 0 Å². The number of nitrogens with zero attached hydrogens (tertiary/aromatic N) is 1. The Balaban J connectivity index is 2.47. The van der Waals surface area contributed by atoms with Gasteiger partial charge in [-0.2, -0.15) is 0 Å². The SMILES string of the molecule is CC(n1c(=O)c(=O)[nH]c2c3ccc(S(N)(=O)=O)cc3ccc21)P(=O)(O)O. The minimum absolute atomic E-state index is 0.0984. The Morgan fingerprint density at radius 2 is 1.85 bits per heavy atom. The molecule has 0 aliphatic carbocycles. The summed E-state index contributed by atoms with van der Waals surface area (Å²) in [7, 11) is -8.64. The number of rotatable bonds is 3. The summed E-state index contributed by atoms with van der Waals surface area (Å²) in [5.74, 6) is -1.55. The quantitative estimate of drug-likeness (QED) is 0.276. The average Bonchev–Trinajstić information content (AvgIpc) is 2.53. The number of aromatic amines is 1. The Kier molecular flexibility index (Phi) is 4.17. The summed E-state index contributed by atoms with van der Waals surface area (Å²) in [5.41, 5.74) is -1.91. The van der Waals surface area contributed by atoms with E-state index < -0.39 is 34.5 Å². The van der Waals surface area contributed by atoms with Gasteiger partial charge in [0, 0.05) is 5.39 Å². The lowest BCUT2D eigenvalue weighted by molar-refractivity contribution is 0.346. The Bertz CT molecular complexity index is 1320. The zero-order valence-electron chi connectivity index (χ0n) is 13.3. The van der Waals surface area contributed by atoms with Gasteiger partial charge in [0.2, 0.25) is 10.0 Å². The predicted molar refractivity (Wildman–Crippen MR) is 94.5 cm³/mol. The Hall–Kier alpha value is -2.30. The summed E-state index contributed by atoms with van der Waals surface area (Å²) in [6, 6.07) is 6.76. The van der Waals surface area contributed by atoms with Crippen molar-refractivity contribution in [3.05, 3.63) is 51.0 Å². The molecule has 5 N–H and O–H groups in total. The topological polar surface area (TPSA) is 173 Å². The van der Waals surface area contributed by atoms with E-state index in [1.54, 1.807) is 0 Å². The van der Waals surface area contributed by atoms with Crippen LogP contribution in [-0.4, -0.2) is 27.8 Å². The van der Waals surface area contributed by atoms with Gasteiger partial charge in [-0.25, -0.2) is 13.6 Å². The van der Waals surface area contributed by atoms with Crippen molar-refractivity contribution in [1.29, 1.82) is 0 Å². The molecule has 26 heavy (non-hydrogen) atoms. The van der Waals surface area contributed by atoms with Crippen LogP contribution in [0.15, 0.2) is 44.8 Å². The lowest BCUT2D eigenvalue weighted by Crippen LogP contribution is -2.37. The van der Waals surface area contributed by atoms with Gasteiger partial charge in [0.15, 0.2) is 0 Å². The molecule has 3 aromatic rings. The standard InChI is InChI=1S/C14H14N3O7PS/c1-7(25(20,21)22)17-11-5-2-8-6-9(26(15,23)24)3-4-10(8)12(11)16-13(18)14(17)19/h2-7H,1H3,(H,16,18)(H2,15,23,24)(H2,20,21,22). The lowest BCUT2D eigenvalue weighted by Gasteiger charge is -2.19. The zero-order valence-corrected chi connectivity index (χ0v) is 15.0. The van der Waals surface area contributed by atoms with Crippen LogP contribution in [0, 0.1) is 0 Å². The van der Waals surface area contributed by atoms with Gasteiger partial charge in [-0.15, -0.1) is 0 Å². The molecule has 0 saturated carbocycles. The van der Waals surface area contributed by atoms with Crippen molar-refractivity contribution in [2.45, 2.75) is 17.6 Å². The highest BCUT2D eigenvalue weighted by molar-refractivity contribution is 7.89. The second-order valence-electron chi connectivity index (χ2n) is 5.74. The number of fused-ring (bicyclic) bond motifs is 3. The van der Waals surface area contributed by atoms with E-state index in [1.165, 1.54) is 30.3 Å². The fourth-order valence-corrected chi connectivity index (χ4v) is 3.79. The van der Waals surface area contributed by atoms with Gasteiger partial charge in [-0.1, -0.05) is 12.1 Å². The number of sulfonamides is 1. The van der Waals surface area contributed by atoms with Gasteiger partial charge >= 0.3 is 18.7 Å². The number of nitrogens with two attached hydrogens (primary N) is 1. The van der Waals surface area contributed by atoms with Crippen molar-refractivity contribution < 1.29 is 22.8 Å². The van der Waals surface area contributed by atoms with Crippen molar-refractivity contribution in [1.82, 2.24) is 9.55 Å². The molecule has 0 fully saturated rings. The highest BCUT2D eigenvalue weighted by Gasteiger charge is 2.29. The molecular weight excluding hydrogens is 385 g/mol. The molecule has 10 nitrogen and oxygen atoms in total. The predicted octanol–water partition coefficient (Wildman–Crippen LogP) is 0.187. The van der Waals surface area contributed by atoms with Crippen LogP contribution in [0.3, 0.4) is 0 Å². The largest absolute Gasteiger partial charge is 0.347 e. The molecule has 0 amide bonds. The van der Waals surface area contributed by atoms with Crippen LogP contribution in [0.2, 0.25) is 0 Å². The fraction of sp³-hybridized carbons (Fsp3) is 0.143. The number of primary sulfonamides is 1. The van der Waals surface area contributed by atoms with E-state index >= 15 is 0 Å². The first-order valence-corrected chi connectivity index (χ1v) is 10.4. The molecule has 1 heterocycles. The van der Waals surface area contributed by atoms with Gasteiger partial charge in [0.05, 0.1) is 15.9 Å². The molecule has 0 radical (unpaired) electrons. The second-order valence-corrected chi connectivity index (χ2v) is 9.22. The number of hydrogen-bond acceptors (Lipinski definition) is 5. The van der Waals surface area contributed by atoms with Gasteiger partial charge in [-0.3, -0.25) is 18.7 Å². The molecule has 138 valence electrons. The van der Waals surface area contributed by atoms with Gasteiger partial charge in [-0.05, 0) is 30.5 Å². The van der Waals surface area contributed by atoms with E-state index in [1.807, 2.05) is 0 Å². The van der Waals surface area contributed by atoms with Gasteiger partial charge < -0.3 is 14.8 Å². The molecule has 1 atom stereocenters. The Morgan fingerprint density at radius 3 is 2.42 bits per heavy atom. The molecule has 0 aliphatic heterocycles. The molecule has 0 aliphatic rings. The first-order valence-electron chi connectivity index (χ1n) is 7.20. The van der Waals surface area contributed by atoms with Crippen molar-refractivity contribution in [3.63, 3.8) is 0 Å². The van der Waals surface area contributed by atoms with Gasteiger partial charge in [0.25, 0.3) is 0 Å². The number of aromatic nitrogens is 2. The summed E-state index contributed by atoms with van der Waals surface area (Å²) >= 11 is 0. The minimum atomic E-state index is -4.71. The van der Waals surface area contributed by atoms with E-state index in [0.29, 0.717) is 10.8 Å². The van der Waals surface area contributed by atoms with Crippen LogP contribution in [0.5, 0.6) is 0 Å². The molecule has 12 heteroatoms. The third-order valence-electron chi connectivity index (χ3n) is 4.07. The maximum absolute atomic E-state index is 12.2. The van der Waals surface area contributed by atoms with E-state index in [-0.39, 0.29) is 15.9 Å². The first kappa shape index (κ1) is 18.5. The van der Waals surface area contributed by atoms with Crippen LogP contribution < -0.4 is 16.3 Å². The van der Waals surface area contributed by atoms with Crippen molar-refractivity contribution in [2.24, 2.45) is 5.14 Å². The molecule has 0 saturated heterocycles. The third-order valence-corrected chi connectivity index (χ3v) is 6.18. The molecule has 0 bridgehead atoms. The molecule has 3 rings (SSSR count). The molecule has 1 aromatic heterocycles. The zero-order chi connectivity index (χ0) is 19.4. The van der Waals surface area contributed by atoms with Gasteiger partial charge in [0.1, 0.15) is 5.78 Å². The Labute approximate surface area is 146 Å². The van der Waals surface area contributed by atoms with Crippen LogP contribution in [0.4, 0.5) is 0 Å². The highest BCUT2D eigenvalue weighted by atomic mass is 32.2. The third kappa shape index (κ3) is 3.00. The van der Waals surface area contributed by atoms with Crippen LogP contribution in [0.25, 0.3) is 21.8 Å². The van der Waals surface area contributed by atoms with Crippen LogP contribution >= 0.6 is 7.60 Å². The maximum Gasteiger partial charge on any atom is 0.347 e. The molecule has 1 unspecified atom stereocenters. The van der Waals surface area contributed by atoms with E-state index in [0.717, 1.165) is 11.5 Å². The number of nitrogens with one attached hydrogen (secondary N) is 1. The number of H-pyrrole nitrogens is 1. The van der Waals surface area contributed by atoms with Crippen LogP contribution in [-0.2, 0) is 14.6 Å². The summed E-state index contributed by atoms with van der Waals surface area (Å²) in [5, 5.41) is 5.90. The molecule has 2 aromatic carbocycles. The van der Waals surface area contributed by atoms with E-state index in [2.05, 4.69) is 4.98 Å². The molecular formula is C14H14N3O7PS. The molecule has 0 spiro atoms. The second kappa shape index (κ2) is 5.86. The summed E-state index contributed by atoms with van der Waals surface area (Å²) in [4.78, 5) is 45.2. The summed E-state index contributed by atoms with van der Waals surface area (Å²) in [6.45, 7) is 1.13. The van der Waals surface area contributed by atoms with Crippen LogP contribution in [0.1, 0.15) is 12.7 Å². The fourth-order valence-electron chi connectivity index (χ4n) is 2.71. The highest BCUT2D eigenvalue weighted by Crippen LogP contribution is 2.48. The number of benzene rings is 2. The van der Waals surface area contributed by atoms with Crippen molar-refractivity contribution in [2.75, 3.05) is 0 Å². The summed E-state index contributed by atoms with van der Waals surface area (Å²) < 4.78 is 35.3. The average molecular weight is 399 g/mol. The summed E-state index contributed by atoms with van der Waals surface area (Å²) in [6.07, 6.45) is 0. The minimum Gasteiger partial charge on any atom is -0.323 e. The van der Waals surface area contributed by atoms with E-state index in [9.17, 15) is 32.4 Å². The number of hydrogen-bond donors (Lipinski definition) is 4. The lowest BCUT2D eigenvalue weighted by atomic mass is 10.1.